The van der Waals surface area contributed by atoms with Gasteiger partial charge in [-0.2, -0.15) is 0 Å². The van der Waals surface area contributed by atoms with Crippen molar-refractivity contribution >= 4 is 29.4 Å². The van der Waals surface area contributed by atoms with E-state index in [1.54, 1.807) is 12.1 Å². The molecular weight excluding hydrogens is 368 g/mol. The summed E-state index contributed by atoms with van der Waals surface area (Å²) in [5.74, 6) is -1.11. The van der Waals surface area contributed by atoms with Gasteiger partial charge in [-0.3, -0.25) is 14.4 Å². The van der Waals surface area contributed by atoms with E-state index in [0.717, 1.165) is 12.0 Å². The van der Waals surface area contributed by atoms with E-state index < -0.39 is 5.92 Å². The van der Waals surface area contributed by atoms with Crippen molar-refractivity contribution in [3.05, 3.63) is 47.0 Å². The van der Waals surface area contributed by atoms with E-state index in [1.807, 2.05) is 24.3 Å². The van der Waals surface area contributed by atoms with Crippen LogP contribution in [0.25, 0.3) is 0 Å². The number of ether oxygens (including phenoxy) is 1. The smallest absolute Gasteiger partial charge is 0.305 e. The zero-order valence-corrected chi connectivity index (χ0v) is 16.0. The molecule has 0 aliphatic carbocycles. The Kier molecular flexibility index (Phi) is 8.84. The van der Waals surface area contributed by atoms with Gasteiger partial charge in [-0.15, -0.1) is 0 Å². The Morgan fingerprint density at radius 2 is 2.00 bits per heavy atom. The number of cyclic esters (lactones) is 1. The molecule has 2 amide bonds. The molecule has 0 radical (unpaired) electrons. The molecule has 1 atom stereocenters. The molecule has 6 nitrogen and oxygen atoms in total. The Balaban J connectivity index is 1.87. The van der Waals surface area contributed by atoms with Gasteiger partial charge in [-0.1, -0.05) is 35.9 Å². The summed E-state index contributed by atoms with van der Waals surface area (Å²) in [7, 11) is 0. The fourth-order valence-electron chi connectivity index (χ4n) is 2.68. The topological polar surface area (TPSA) is 84.5 Å². The van der Waals surface area contributed by atoms with Gasteiger partial charge < -0.3 is 15.4 Å². The first-order chi connectivity index (χ1) is 13.0. The molecule has 1 aromatic rings. The van der Waals surface area contributed by atoms with Crippen LogP contribution in [0.4, 0.5) is 0 Å². The molecule has 7 heteroatoms. The number of esters is 1. The number of rotatable bonds is 4. The SMILES string of the molecule is O=C(C[C@H]1C/C=C/CCCC(=O)OCCNC1=O)NCc1ccc(Cl)cc1. The highest BCUT2D eigenvalue weighted by atomic mass is 35.5. The number of nitrogens with one attached hydrogen (secondary N) is 2. The number of carbonyl (C=O) groups excluding carboxylic acids is 3. The van der Waals surface area contributed by atoms with Gasteiger partial charge in [0.15, 0.2) is 0 Å². The van der Waals surface area contributed by atoms with Gasteiger partial charge in [0.2, 0.25) is 11.8 Å². The van der Waals surface area contributed by atoms with Crippen LogP contribution in [0.3, 0.4) is 0 Å². The highest BCUT2D eigenvalue weighted by Crippen LogP contribution is 2.13. The van der Waals surface area contributed by atoms with Gasteiger partial charge in [0.25, 0.3) is 0 Å². The highest BCUT2D eigenvalue weighted by molar-refractivity contribution is 6.30. The molecule has 1 aromatic carbocycles. The molecule has 0 aromatic heterocycles. The van der Waals surface area contributed by atoms with Gasteiger partial charge in [-0.05, 0) is 37.0 Å². The third kappa shape index (κ3) is 8.26. The van der Waals surface area contributed by atoms with Gasteiger partial charge in [0.1, 0.15) is 6.61 Å². The molecule has 1 heterocycles. The van der Waals surface area contributed by atoms with Crippen molar-refractivity contribution in [3.63, 3.8) is 0 Å². The van der Waals surface area contributed by atoms with Crippen LogP contribution in [0.15, 0.2) is 36.4 Å². The molecule has 0 bridgehead atoms. The summed E-state index contributed by atoms with van der Waals surface area (Å²) in [6.07, 6.45) is 6.25. The predicted octanol–water partition coefficient (Wildman–Crippen LogP) is 2.75. The Labute approximate surface area is 164 Å². The van der Waals surface area contributed by atoms with E-state index in [9.17, 15) is 14.4 Å². The first-order valence-corrected chi connectivity index (χ1v) is 9.52. The molecule has 146 valence electrons. The first-order valence-electron chi connectivity index (χ1n) is 9.14. The number of allylic oxidation sites excluding steroid dienone is 2. The minimum Gasteiger partial charge on any atom is -0.464 e. The zero-order valence-electron chi connectivity index (χ0n) is 15.2. The average molecular weight is 393 g/mol. The second-order valence-electron chi connectivity index (χ2n) is 6.42. The van der Waals surface area contributed by atoms with Crippen molar-refractivity contribution in [1.29, 1.82) is 0 Å². The third-order valence-corrected chi connectivity index (χ3v) is 4.46. The lowest BCUT2D eigenvalue weighted by Crippen LogP contribution is -2.36. The van der Waals surface area contributed by atoms with E-state index in [4.69, 9.17) is 16.3 Å². The standard InChI is InChI=1S/C20H25ClN2O4/c21-17-9-7-15(8-10-17)14-23-18(24)13-16-5-3-1-2-4-6-19(25)27-12-11-22-20(16)26/h1,3,7-10,16H,2,4-6,11-14H2,(H,22,26)(H,23,24)/b3-1+/t16-/m1/s1. The summed E-state index contributed by atoms with van der Waals surface area (Å²) in [5, 5.41) is 6.21. The van der Waals surface area contributed by atoms with Gasteiger partial charge >= 0.3 is 5.97 Å². The Morgan fingerprint density at radius 1 is 1.22 bits per heavy atom. The molecule has 1 aliphatic rings. The van der Waals surface area contributed by atoms with Crippen molar-refractivity contribution in [3.8, 4) is 0 Å². The Morgan fingerprint density at radius 3 is 2.78 bits per heavy atom. The summed E-state index contributed by atoms with van der Waals surface area (Å²) in [6.45, 7) is 0.779. The number of halogens is 1. The van der Waals surface area contributed by atoms with E-state index in [2.05, 4.69) is 10.6 Å². The van der Waals surface area contributed by atoms with Crippen LogP contribution in [-0.2, 0) is 25.7 Å². The summed E-state index contributed by atoms with van der Waals surface area (Å²) in [6, 6.07) is 7.23. The monoisotopic (exact) mass is 392 g/mol. The largest absolute Gasteiger partial charge is 0.464 e. The number of amides is 2. The zero-order chi connectivity index (χ0) is 19.5. The highest BCUT2D eigenvalue weighted by Gasteiger charge is 2.20. The quantitative estimate of drug-likeness (QED) is 0.609. The fourth-order valence-corrected chi connectivity index (χ4v) is 2.81. The van der Waals surface area contributed by atoms with E-state index in [1.165, 1.54) is 0 Å². The predicted molar refractivity (Wildman–Crippen MR) is 103 cm³/mol. The summed E-state index contributed by atoms with van der Waals surface area (Å²) in [4.78, 5) is 36.1. The Bertz CT molecular complexity index is 673. The normalized spacial score (nSPS) is 20.3. The van der Waals surface area contributed by atoms with E-state index in [-0.39, 0.29) is 37.4 Å². The van der Waals surface area contributed by atoms with Crippen molar-refractivity contribution in [2.24, 2.45) is 5.92 Å². The summed E-state index contributed by atoms with van der Waals surface area (Å²) < 4.78 is 5.05. The fraction of sp³-hybridized carbons (Fsp3) is 0.450. The lowest BCUT2D eigenvalue weighted by molar-refractivity contribution is -0.144. The van der Waals surface area contributed by atoms with Crippen molar-refractivity contribution in [2.45, 2.75) is 38.6 Å². The lowest BCUT2D eigenvalue weighted by Gasteiger charge is -2.15. The molecule has 0 fully saturated rings. The molecular formula is C20H25ClN2O4. The molecule has 2 N–H and O–H groups in total. The molecule has 2 rings (SSSR count). The summed E-state index contributed by atoms with van der Waals surface area (Å²) in [5.41, 5.74) is 0.939. The minimum absolute atomic E-state index is 0.101. The average Bonchev–Trinajstić information content (AvgIpc) is 2.67. The first kappa shape index (κ1) is 21.0. The minimum atomic E-state index is -0.456. The van der Waals surface area contributed by atoms with E-state index in [0.29, 0.717) is 30.8 Å². The van der Waals surface area contributed by atoms with Crippen LogP contribution >= 0.6 is 11.6 Å². The van der Waals surface area contributed by atoms with Crippen LogP contribution < -0.4 is 10.6 Å². The number of benzene rings is 1. The van der Waals surface area contributed by atoms with E-state index >= 15 is 0 Å². The molecule has 0 unspecified atom stereocenters. The molecule has 0 spiro atoms. The molecule has 27 heavy (non-hydrogen) atoms. The molecule has 0 saturated carbocycles. The maximum Gasteiger partial charge on any atom is 0.305 e. The maximum absolute atomic E-state index is 12.4. The van der Waals surface area contributed by atoms with Crippen LogP contribution in [0.5, 0.6) is 0 Å². The Hall–Kier alpha value is -2.34. The lowest BCUT2D eigenvalue weighted by atomic mass is 9.99. The van der Waals surface area contributed by atoms with Gasteiger partial charge in [0, 0.05) is 24.4 Å². The maximum atomic E-state index is 12.4. The second-order valence-corrected chi connectivity index (χ2v) is 6.85. The van der Waals surface area contributed by atoms with Crippen LogP contribution in [0.2, 0.25) is 5.02 Å². The molecule has 1 aliphatic heterocycles. The van der Waals surface area contributed by atoms with Crippen molar-refractivity contribution in [2.75, 3.05) is 13.2 Å². The van der Waals surface area contributed by atoms with Crippen molar-refractivity contribution < 1.29 is 19.1 Å². The van der Waals surface area contributed by atoms with Crippen LogP contribution in [0.1, 0.15) is 37.7 Å². The third-order valence-electron chi connectivity index (χ3n) is 4.21. The number of hydrogen-bond acceptors (Lipinski definition) is 4. The molecule has 0 saturated heterocycles. The second kappa shape index (κ2) is 11.4. The number of hydrogen-bond donors (Lipinski definition) is 2. The summed E-state index contributed by atoms with van der Waals surface area (Å²) >= 11 is 5.85. The van der Waals surface area contributed by atoms with Gasteiger partial charge in [0.05, 0.1) is 12.5 Å². The van der Waals surface area contributed by atoms with Crippen molar-refractivity contribution in [1.82, 2.24) is 10.6 Å². The van der Waals surface area contributed by atoms with Crippen LogP contribution in [-0.4, -0.2) is 30.9 Å². The van der Waals surface area contributed by atoms with Crippen LogP contribution in [0, 0.1) is 5.92 Å². The van der Waals surface area contributed by atoms with Gasteiger partial charge in [-0.25, -0.2) is 0 Å². The number of carbonyl (C=O) groups is 3.